The smallest absolute Gasteiger partial charge is 0.274 e. The highest BCUT2D eigenvalue weighted by atomic mass is 35.5. The molecule has 0 aromatic heterocycles. The van der Waals surface area contributed by atoms with E-state index in [0.717, 1.165) is 6.26 Å². The molecule has 6 nitrogen and oxygen atoms in total. The first-order valence-corrected chi connectivity index (χ1v) is 8.16. The van der Waals surface area contributed by atoms with Crippen LogP contribution in [0.15, 0.2) is 35.3 Å². The predicted molar refractivity (Wildman–Crippen MR) is 76.1 cm³/mol. The predicted octanol–water partition coefficient (Wildman–Crippen LogP) is 0.499. The molecule has 0 N–H and O–H groups in total. The SMILES string of the molecule is CS(=O)(=O)C1N=C(C(=O)Cl)C(=O)C(c2ccccc2)C1=O. The fourth-order valence-electron chi connectivity index (χ4n) is 2.07. The van der Waals surface area contributed by atoms with E-state index in [4.69, 9.17) is 11.6 Å². The molecule has 2 rings (SSSR count). The summed E-state index contributed by atoms with van der Waals surface area (Å²) in [5.74, 6) is -3.15. The molecule has 1 aliphatic rings. The average Bonchev–Trinajstić information content (AvgIpc) is 2.38. The van der Waals surface area contributed by atoms with Crippen LogP contribution in [0, 0.1) is 0 Å². The zero-order valence-electron chi connectivity index (χ0n) is 10.8. The summed E-state index contributed by atoms with van der Waals surface area (Å²) in [6, 6.07) is 7.87. The highest BCUT2D eigenvalue weighted by Crippen LogP contribution is 2.27. The number of hydrogen-bond acceptors (Lipinski definition) is 6. The Labute approximate surface area is 125 Å². The lowest BCUT2D eigenvalue weighted by Gasteiger charge is -2.23. The highest BCUT2D eigenvalue weighted by molar-refractivity contribution is 7.92. The van der Waals surface area contributed by atoms with Crippen LogP contribution in [0.2, 0.25) is 0 Å². The molecule has 0 aliphatic carbocycles. The first-order chi connectivity index (χ1) is 9.73. The van der Waals surface area contributed by atoms with E-state index in [0.29, 0.717) is 5.56 Å². The van der Waals surface area contributed by atoms with Gasteiger partial charge in [-0.25, -0.2) is 13.4 Å². The number of hydrogen-bond donors (Lipinski definition) is 0. The van der Waals surface area contributed by atoms with Gasteiger partial charge in [-0.3, -0.25) is 14.4 Å². The number of rotatable bonds is 3. The largest absolute Gasteiger partial charge is 0.295 e. The Kier molecular flexibility index (Phi) is 4.06. The Hall–Kier alpha value is -1.86. The lowest BCUT2D eigenvalue weighted by Crippen LogP contribution is -2.45. The van der Waals surface area contributed by atoms with Gasteiger partial charge < -0.3 is 0 Å². The van der Waals surface area contributed by atoms with Crippen LogP contribution in [0.5, 0.6) is 0 Å². The topological polar surface area (TPSA) is 97.7 Å². The van der Waals surface area contributed by atoms with Crippen molar-refractivity contribution >= 4 is 44.0 Å². The molecule has 0 amide bonds. The summed E-state index contributed by atoms with van der Waals surface area (Å²) in [6.45, 7) is 0. The van der Waals surface area contributed by atoms with Crippen molar-refractivity contribution in [1.82, 2.24) is 0 Å². The highest BCUT2D eigenvalue weighted by Gasteiger charge is 2.46. The van der Waals surface area contributed by atoms with E-state index in [-0.39, 0.29) is 0 Å². The zero-order chi connectivity index (χ0) is 15.8. The van der Waals surface area contributed by atoms with Crippen molar-refractivity contribution < 1.29 is 22.8 Å². The van der Waals surface area contributed by atoms with E-state index >= 15 is 0 Å². The van der Waals surface area contributed by atoms with Crippen molar-refractivity contribution in [3.8, 4) is 0 Å². The third-order valence-electron chi connectivity index (χ3n) is 2.99. The molecule has 1 heterocycles. The summed E-state index contributed by atoms with van der Waals surface area (Å²) in [5, 5.41) is -2.97. The number of halogens is 1. The van der Waals surface area contributed by atoms with Gasteiger partial charge in [0.15, 0.2) is 21.3 Å². The van der Waals surface area contributed by atoms with Gasteiger partial charge >= 0.3 is 0 Å². The standard InChI is InChI=1S/C13H10ClNO5S/c1-21(19,20)13-11(17)8(7-5-3-2-4-6-7)10(16)9(15-13)12(14)18/h2-6,8,13H,1H3. The zero-order valence-corrected chi connectivity index (χ0v) is 12.4. The van der Waals surface area contributed by atoms with Crippen molar-refractivity contribution in [3.63, 3.8) is 0 Å². The fourth-order valence-corrected chi connectivity index (χ4v) is 3.07. The number of carbonyl (C=O) groups excluding carboxylic acids is 3. The van der Waals surface area contributed by atoms with Crippen molar-refractivity contribution in [2.24, 2.45) is 4.99 Å². The summed E-state index contributed by atoms with van der Waals surface area (Å²) in [7, 11) is -3.91. The first-order valence-electron chi connectivity index (χ1n) is 5.83. The molecular formula is C13H10ClNO5S. The van der Waals surface area contributed by atoms with E-state index < -0.39 is 43.6 Å². The molecular weight excluding hydrogens is 318 g/mol. The second-order valence-electron chi connectivity index (χ2n) is 4.54. The molecule has 0 bridgehead atoms. The number of sulfone groups is 1. The maximum atomic E-state index is 12.3. The molecule has 0 radical (unpaired) electrons. The van der Waals surface area contributed by atoms with Gasteiger partial charge in [0.1, 0.15) is 5.92 Å². The first kappa shape index (κ1) is 15.5. The molecule has 0 spiro atoms. The van der Waals surface area contributed by atoms with Crippen LogP contribution in [0.1, 0.15) is 11.5 Å². The van der Waals surface area contributed by atoms with Crippen LogP contribution in [0.4, 0.5) is 0 Å². The van der Waals surface area contributed by atoms with Crippen LogP contribution >= 0.6 is 11.6 Å². The average molecular weight is 328 g/mol. The maximum Gasteiger partial charge on any atom is 0.274 e. The minimum atomic E-state index is -3.91. The Morgan fingerprint density at radius 2 is 1.76 bits per heavy atom. The van der Waals surface area contributed by atoms with Crippen LogP contribution in [-0.2, 0) is 24.2 Å². The summed E-state index contributed by atoms with van der Waals surface area (Å²) in [6.07, 6.45) is 0.813. The van der Waals surface area contributed by atoms with Gasteiger partial charge in [0.05, 0.1) is 0 Å². The normalized spacial score (nSPS) is 22.9. The molecule has 0 saturated heterocycles. The van der Waals surface area contributed by atoms with Gasteiger partial charge in [0.25, 0.3) is 5.24 Å². The fraction of sp³-hybridized carbons (Fsp3) is 0.231. The minimum Gasteiger partial charge on any atom is -0.295 e. The lowest BCUT2D eigenvalue weighted by molar-refractivity contribution is -0.126. The number of benzene rings is 1. The molecule has 110 valence electrons. The van der Waals surface area contributed by atoms with E-state index in [1.54, 1.807) is 18.2 Å². The molecule has 1 aliphatic heterocycles. The van der Waals surface area contributed by atoms with Gasteiger partial charge in [0.2, 0.25) is 11.2 Å². The van der Waals surface area contributed by atoms with Crippen LogP contribution in [0.3, 0.4) is 0 Å². The summed E-state index contributed by atoms with van der Waals surface area (Å²) >= 11 is 5.27. The van der Waals surface area contributed by atoms with Gasteiger partial charge in [0, 0.05) is 6.26 Å². The number of aliphatic imine (C=N–C) groups is 1. The molecule has 8 heteroatoms. The monoisotopic (exact) mass is 327 g/mol. The van der Waals surface area contributed by atoms with Crippen LogP contribution < -0.4 is 0 Å². The lowest BCUT2D eigenvalue weighted by atomic mass is 9.86. The van der Waals surface area contributed by atoms with Crippen molar-refractivity contribution in [3.05, 3.63) is 35.9 Å². The Bertz CT molecular complexity index is 754. The van der Waals surface area contributed by atoms with Crippen molar-refractivity contribution in [2.45, 2.75) is 11.3 Å². The van der Waals surface area contributed by atoms with E-state index in [9.17, 15) is 22.8 Å². The molecule has 0 saturated carbocycles. The Morgan fingerprint density at radius 1 is 1.19 bits per heavy atom. The number of nitrogens with zero attached hydrogens (tertiary/aromatic N) is 1. The second-order valence-corrected chi connectivity index (χ2v) is 6.99. The second kappa shape index (κ2) is 5.50. The summed E-state index contributed by atoms with van der Waals surface area (Å²) < 4.78 is 23.3. The van der Waals surface area contributed by atoms with Crippen LogP contribution in [0.25, 0.3) is 0 Å². The van der Waals surface area contributed by atoms with Crippen LogP contribution in [-0.4, -0.2) is 42.6 Å². The van der Waals surface area contributed by atoms with E-state index in [2.05, 4.69) is 4.99 Å². The van der Waals surface area contributed by atoms with Gasteiger partial charge in [-0.2, -0.15) is 0 Å². The molecule has 1 aromatic carbocycles. The summed E-state index contributed by atoms with van der Waals surface area (Å²) in [4.78, 5) is 39.2. The maximum absolute atomic E-state index is 12.3. The third kappa shape index (κ3) is 2.93. The molecule has 2 unspecified atom stereocenters. The van der Waals surface area contributed by atoms with Crippen molar-refractivity contribution in [2.75, 3.05) is 6.26 Å². The van der Waals surface area contributed by atoms with E-state index in [1.165, 1.54) is 12.1 Å². The molecule has 2 atom stereocenters. The minimum absolute atomic E-state index is 0.298. The summed E-state index contributed by atoms with van der Waals surface area (Å²) in [5.41, 5.74) is -0.410. The quantitative estimate of drug-likeness (QED) is 0.594. The number of carbonyl (C=O) groups is 3. The number of ketones is 2. The molecule has 1 aromatic rings. The van der Waals surface area contributed by atoms with Gasteiger partial charge in [-0.05, 0) is 17.2 Å². The van der Waals surface area contributed by atoms with Gasteiger partial charge in [-0.1, -0.05) is 30.3 Å². The molecule has 21 heavy (non-hydrogen) atoms. The Balaban J connectivity index is 2.63. The third-order valence-corrected chi connectivity index (χ3v) is 4.32. The Morgan fingerprint density at radius 3 is 2.24 bits per heavy atom. The van der Waals surface area contributed by atoms with Gasteiger partial charge in [-0.15, -0.1) is 0 Å². The molecule has 0 fully saturated rings. The van der Waals surface area contributed by atoms with Crippen molar-refractivity contribution in [1.29, 1.82) is 0 Å². The van der Waals surface area contributed by atoms with E-state index in [1.807, 2.05) is 0 Å². The number of Topliss-reactive ketones (excluding diaryl/α,β-unsaturated/α-hetero) is 2.